The summed E-state index contributed by atoms with van der Waals surface area (Å²) in [4.78, 5) is 0. The van der Waals surface area contributed by atoms with Gasteiger partial charge in [0.25, 0.3) is 0 Å². The Morgan fingerprint density at radius 2 is 1.57 bits per heavy atom. The third kappa shape index (κ3) is 1.78. The van der Waals surface area contributed by atoms with E-state index in [0.29, 0.717) is 0 Å². The summed E-state index contributed by atoms with van der Waals surface area (Å²) in [5.74, 6) is 0. The van der Waals surface area contributed by atoms with Crippen molar-refractivity contribution in [3.05, 3.63) is 0 Å². The van der Waals surface area contributed by atoms with Gasteiger partial charge in [0.2, 0.25) is 0 Å². The molecule has 1 heteroatoms. The Labute approximate surface area is 47.9 Å². The maximum atomic E-state index is 1.55. The van der Waals surface area contributed by atoms with Crippen LogP contribution in [0, 0.1) is 0 Å². The Hall–Kier alpha value is 0.430. The zero-order valence-corrected chi connectivity index (χ0v) is 7.11. The standard InChI is InChI=1S/C6H15P/c7-6-4-2-1-3-5-6/h6H,1-5H2,7H4. The van der Waals surface area contributed by atoms with E-state index < -0.39 is 0 Å². The summed E-state index contributed by atoms with van der Waals surface area (Å²) >= 11 is 0. The summed E-state index contributed by atoms with van der Waals surface area (Å²) in [6, 6.07) is 0. The Morgan fingerprint density at radius 1 is 1.00 bits per heavy atom. The van der Waals surface area contributed by atoms with Crippen LogP contribution in [0.15, 0.2) is 0 Å². The quantitative estimate of drug-likeness (QED) is 0.424. The first-order valence-electron chi connectivity index (χ1n) is 3.39. The molecule has 1 saturated carbocycles. The van der Waals surface area contributed by atoms with Crippen molar-refractivity contribution in [1.82, 2.24) is 0 Å². The van der Waals surface area contributed by atoms with E-state index in [2.05, 4.69) is 0 Å². The van der Waals surface area contributed by atoms with E-state index in [1.54, 1.807) is 12.8 Å². The topological polar surface area (TPSA) is 0 Å². The van der Waals surface area contributed by atoms with Gasteiger partial charge < -0.3 is 0 Å². The minimum atomic E-state index is 1.17. The van der Waals surface area contributed by atoms with Crippen molar-refractivity contribution in [2.24, 2.45) is 0 Å². The van der Waals surface area contributed by atoms with Crippen LogP contribution in [0.4, 0.5) is 0 Å². The molecule has 0 saturated heterocycles. The molecule has 1 rings (SSSR count). The van der Waals surface area contributed by atoms with Crippen LogP contribution in [0.25, 0.3) is 0 Å². The minimum absolute atomic E-state index is 1.17. The molecular formula is C6H15P. The third-order valence-corrected chi connectivity index (χ3v) is 3.05. The first kappa shape index (κ1) is 5.56. The predicted octanol–water partition coefficient (Wildman–Crippen LogP) is 1.66. The fourth-order valence-electron chi connectivity index (χ4n) is 1.31. The number of rotatable bonds is 0. The summed E-state index contributed by atoms with van der Waals surface area (Å²) in [5.41, 5.74) is 1.17. The zero-order valence-electron chi connectivity index (χ0n) is 5.11. The second-order valence-electron chi connectivity index (χ2n) is 2.74. The molecule has 0 bridgehead atoms. The molecule has 0 aromatic rings. The van der Waals surface area contributed by atoms with Gasteiger partial charge in [0.15, 0.2) is 0 Å². The van der Waals surface area contributed by atoms with E-state index in [1.165, 1.54) is 34.2 Å². The van der Waals surface area contributed by atoms with E-state index in [4.69, 9.17) is 0 Å². The Balaban J connectivity index is 2.12. The first-order chi connectivity index (χ1) is 3.39. The van der Waals surface area contributed by atoms with Crippen LogP contribution in [-0.2, 0) is 0 Å². The van der Waals surface area contributed by atoms with E-state index in [0.717, 1.165) is 0 Å². The van der Waals surface area contributed by atoms with Crippen molar-refractivity contribution in [2.45, 2.75) is 37.8 Å². The molecule has 0 spiro atoms. The van der Waals surface area contributed by atoms with E-state index in [9.17, 15) is 0 Å². The second-order valence-corrected chi connectivity index (χ2v) is 4.38. The van der Waals surface area contributed by atoms with Gasteiger partial charge in [0, 0.05) is 0 Å². The molecule has 0 nitrogen and oxygen atoms in total. The van der Waals surface area contributed by atoms with Gasteiger partial charge in [-0.05, 0) is 0 Å². The Kier molecular flexibility index (Phi) is 2.12. The molecule has 0 unspecified atom stereocenters. The van der Waals surface area contributed by atoms with Crippen molar-refractivity contribution in [3.63, 3.8) is 0 Å². The van der Waals surface area contributed by atoms with Crippen LogP contribution >= 0.6 is 9.24 Å². The molecule has 0 amide bonds. The summed E-state index contributed by atoms with van der Waals surface area (Å²) in [5, 5.41) is 0. The van der Waals surface area contributed by atoms with Crippen LogP contribution in [-0.4, -0.2) is 5.66 Å². The molecule has 1 aliphatic carbocycles. The Bertz CT molecular complexity index is 46.1. The monoisotopic (exact) mass is 118 g/mol. The predicted molar refractivity (Wildman–Crippen MR) is 39.4 cm³/mol. The van der Waals surface area contributed by atoms with E-state index in [-0.39, 0.29) is 0 Å². The molecule has 0 aliphatic heterocycles. The van der Waals surface area contributed by atoms with Crippen LogP contribution in [0.3, 0.4) is 0 Å². The van der Waals surface area contributed by atoms with Crippen LogP contribution in [0.2, 0.25) is 0 Å². The first-order valence-corrected chi connectivity index (χ1v) is 4.55. The van der Waals surface area contributed by atoms with Crippen LogP contribution in [0.5, 0.6) is 0 Å². The van der Waals surface area contributed by atoms with Gasteiger partial charge in [-0.2, -0.15) is 0 Å². The fraction of sp³-hybridized carbons (Fsp3) is 1.00. The molecule has 0 atom stereocenters. The number of hydrogen-bond acceptors (Lipinski definition) is 0. The molecular weight excluding hydrogens is 103 g/mol. The Morgan fingerprint density at radius 3 is 1.86 bits per heavy atom. The van der Waals surface area contributed by atoms with Crippen molar-refractivity contribution in [2.75, 3.05) is 0 Å². The normalized spacial score (nSPS) is 25.4. The third-order valence-electron chi connectivity index (χ3n) is 1.89. The average molecular weight is 118 g/mol. The maximum absolute atomic E-state index is 1.55. The molecule has 0 N–H and O–H groups in total. The second kappa shape index (κ2) is 2.67. The summed E-state index contributed by atoms with van der Waals surface area (Å²) in [6.07, 6.45) is 7.65. The van der Waals surface area contributed by atoms with E-state index in [1.807, 2.05) is 0 Å². The van der Waals surface area contributed by atoms with Crippen LogP contribution in [0.1, 0.15) is 32.1 Å². The van der Waals surface area contributed by atoms with Gasteiger partial charge in [-0.15, -0.1) is 0 Å². The molecule has 1 fully saturated rings. The molecule has 1 aliphatic rings. The van der Waals surface area contributed by atoms with Crippen molar-refractivity contribution in [3.8, 4) is 0 Å². The molecule has 0 aromatic carbocycles. The SMILES string of the molecule is [PH4]C1CCCCC1. The van der Waals surface area contributed by atoms with E-state index >= 15 is 0 Å². The molecule has 0 aromatic heterocycles. The van der Waals surface area contributed by atoms with Crippen molar-refractivity contribution in [1.29, 1.82) is 0 Å². The van der Waals surface area contributed by atoms with Gasteiger partial charge in [0.05, 0.1) is 0 Å². The van der Waals surface area contributed by atoms with Crippen molar-refractivity contribution < 1.29 is 0 Å². The molecule has 0 radical (unpaired) electrons. The van der Waals surface area contributed by atoms with Gasteiger partial charge in [-0.25, -0.2) is 0 Å². The van der Waals surface area contributed by atoms with Gasteiger partial charge in [-0.3, -0.25) is 0 Å². The summed E-state index contributed by atoms with van der Waals surface area (Å²) < 4.78 is 0. The van der Waals surface area contributed by atoms with Crippen LogP contribution < -0.4 is 0 Å². The summed E-state index contributed by atoms with van der Waals surface area (Å²) in [6.45, 7) is 0. The number of hydrogen-bond donors (Lipinski definition) is 0. The average Bonchev–Trinajstić information content (AvgIpc) is 1.69. The van der Waals surface area contributed by atoms with Gasteiger partial charge >= 0.3 is 47.0 Å². The zero-order chi connectivity index (χ0) is 5.11. The fourth-order valence-corrected chi connectivity index (χ4v) is 2.12. The van der Waals surface area contributed by atoms with Gasteiger partial charge in [-0.1, -0.05) is 0 Å². The van der Waals surface area contributed by atoms with Crippen molar-refractivity contribution >= 4 is 9.24 Å². The molecule has 7 heavy (non-hydrogen) atoms. The molecule has 0 heterocycles. The van der Waals surface area contributed by atoms with Gasteiger partial charge in [0.1, 0.15) is 0 Å². The summed E-state index contributed by atoms with van der Waals surface area (Å²) in [7, 11) is 1.45. The molecule has 44 valence electrons.